The molecule has 0 aliphatic carbocycles. The van der Waals surface area contributed by atoms with Crippen molar-refractivity contribution >= 4 is 0 Å². The molecule has 1 rings (SSSR count). The van der Waals surface area contributed by atoms with Crippen LogP contribution in [0.15, 0.2) is 0 Å². The Morgan fingerprint density at radius 3 is 2.47 bits per heavy atom. The number of likely N-dealkylation sites (N-methyl/N-ethyl adjacent to an activating group) is 1. The van der Waals surface area contributed by atoms with E-state index in [4.69, 9.17) is 0 Å². The number of rotatable bonds is 6. The Balaban J connectivity index is 2.29. The van der Waals surface area contributed by atoms with Gasteiger partial charge < -0.3 is 10.2 Å². The Labute approximate surface area is 108 Å². The monoisotopic (exact) mass is 241 g/mol. The lowest BCUT2D eigenvalue weighted by Gasteiger charge is -2.42. The lowest BCUT2D eigenvalue weighted by atomic mass is 10.1. The maximum atomic E-state index is 3.57. The van der Waals surface area contributed by atoms with Gasteiger partial charge in [-0.1, -0.05) is 20.8 Å². The molecule has 1 N–H and O–H groups in total. The second-order valence-corrected chi connectivity index (χ2v) is 5.94. The number of piperazine rings is 1. The van der Waals surface area contributed by atoms with Crippen LogP contribution in [0.25, 0.3) is 0 Å². The standard InChI is InChI=1S/C14H31N3/c1-6-14-11-17(8-7-16(14)5)13(4)10-15-9-12(2)3/h12-15H,6-11H2,1-5H3. The first-order valence-corrected chi connectivity index (χ1v) is 7.19. The van der Waals surface area contributed by atoms with Crippen LogP contribution in [0.1, 0.15) is 34.1 Å². The van der Waals surface area contributed by atoms with Crippen LogP contribution in [0.4, 0.5) is 0 Å². The van der Waals surface area contributed by atoms with Crippen molar-refractivity contribution in [3.63, 3.8) is 0 Å². The zero-order chi connectivity index (χ0) is 12.8. The highest BCUT2D eigenvalue weighted by Crippen LogP contribution is 2.12. The third-order valence-corrected chi connectivity index (χ3v) is 3.90. The molecule has 1 heterocycles. The van der Waals surface area contributed by atoms with Gasteiger partial charge in [0.2, 0.25) is 0 Å². The van der Waals surface area contributed by atoms with Crippen LogP contribution in [0, 0.1) is 5.92 Å². The Hall–Kier alpha value is -0.120. The summed E-state index contributed by atoms with van der Waals surface area (Å²) in [5, 5.41) is 3.57. The summed E-state index contributed by atoms with van der Waals surface area (Å²) in [6.07, 6.45) is 1.26. The van der Waals surface area contributed by atoms with Crippen LogP contribution >= 0.6 is 0 Å². The van der Waals surface area contributed by atoms with Crippen molar-refractivity contribution in [3.05, 3.63) is 0 Å². The van der Waals surface area contributed by atoms with E-state index in [1.54, 1.807) is 0 Å². The molecule has 17 heavy (non-hydrogen) atoms. The molecule has 3 nitrogen and oxygen atoms in total. The zero-order valence-corrected chi connectivity index (χ0v) is 12.4. The molecule has 1 saturated heterocycles. The number of hydrogen-bond acceptors (Lipinski definition) is 3. The van der Waals surface area contributed by atoms with E-state index in [2.05, 4.69) is 49.9 Å². The summed E-state index contributed by atoms with van der Waals surface area (Å²) in [7, 11) is 2.26. The van der Waals surface area contributed by atoms with Gasteiger partial charge in [0, 0.05) is 38.3 Å². The van der Waals surface area contributed by atoms with Gasteiger partial charge in [-0.2, -0.15) is 0 Å². The van der Waals surface area contributed by atoms with Gasteiger partial charge in [-0.15, -0.1) is 0 Å². The van der Waals surface area contributed by atoms with Gasteiger partial charge in [-0.05, 0) is 32.9 Å². The molecule has 0 saturated carbocycles. The van der Waals surface area contributed by atoms with Crippen molar-refractivity contribution in [2.24, 2.45) is 5.92 Å². The van der Waals surface area contributed by atoms with E-state index in [9.17, 15) is 0 Å². The maximum Gasteiger partial charge on any atom is 0.0218 e. The highest BCUT2D eigenvalue weighted by Gasteiger charge is 2.25. The molecule has 0 bridgehead atoms. The third kappa shape index (κ3) is 4.94. The van der Waals surface area contributed by atoms with Crippen LogP contribution in [-0.2, 0) is 0 Å². The highest BCUT2D eigenvalue weighted by atomic mass is 15.3. The molecule has 1 aliphatic rings. The van der Waals surface area contributed by atoms with Gasteiger partial charge in [0.05, 0.1) is 0 Å². The lowest BCUT2D eigenvalue weighted by molar-refractivity contribution is 0.0673. The van der Waals surface area contributed by atoms with E-state index in [1.165, 1.54) is 26.1 Å². The van der Waals surface area contributed by atoms with Gasteiger partial charge >= 0.3 is 0 Å². The predicted molar refractivity (Wildman–Crippen MR) is 75.5 cm³/mol. The summed E-state index contributed by atoms with van der Waals surface area (Å²) in [5.41, 5.74) is 0. The molecule has 0 amide bonds. The van der Waals surface area contributed by atoms with Crippen molar-refractivity contribution in [2.45, 2.75) is 46.2 Å². The molecule has 102 valence electrons. The van der Waals surface area contributed by atoms with Gasteiger partial charge in [0.25, 0.3) is 0 Å². The molecule has 2 atom stereocenters. The highest BCUT2D eigenvalue weighted by molar-refractivity contribution is 4.82. The van der Waals surface area contributed by atoms with Crippen molar-refractivity contribution in [2.75, 3.05) is 39.8 Å². The largest absolute Gasteiger partial charge is 0.315 e. The predicted octanol–water partition coefficient (Wildman–Crippen LogP) is 1.65. The zero-order valence-electron chi connectivity index (χ0n) is 12.4. The lowest BCUT2D eigenvalue weighted by Crippen LogP contribution is -2.55. The fraction of sp³-hybridized carbons (Fsp3) is 1.00. The first kappa shape index (κ1) is 14.9. The van der Waals surface area contributed by atoms with E-state index in [-0.39, 0.29) is 0 Å². The molecule has 0 aromatic heterocycles. The molecule has 0 aromatic rings. The van der Waals surface area contributed by atoms with E-state index in [1.807, 2.05) is 0 Å². The minimum absolute atomic E-state index is 0.663. The van der Waals surface area contributed by atoms with Crippen LogP contribution in [0.5, 0.6) is 0 Å². The number of nitrogens with one attached hydrogen (secondary N) is 1. The Morgan fingerprint density at radius 2 is 1.88 bits per heavy atom. The van der Waals surface area contributed by atoms with Crippen molar-refractivity contribution in [3.8, 4) is 0 Å². The molecular formula is C14H31N3. The quantitative estimate of drug-likeness (QED) is 0.763. The summed E-state index contributed by atoms with van der Waals surface area (Å²) >= 11 is 0. The van der Waals surface area contributed by atoms with E-state index in [0.717, 1.165) is 25.0 Å². The fourth-order valence-corrected chi connectivity index (χ4v) is 2.52. The molecule has 1 aliphatic heterocycles. The summed E-state index contributed by atoms with van der Waals surface area (Å²) in [6, 6.07) is 1.41. The molecular weight excluding hydrogens is 210 g/mol. The van der Waals surface area contributed by atoms with Crippen LogP contribution < -0.4 is 5.32 Å². The molecule has 3 heteroatoms. The maximum absolute atomic E-state index is 3.57. The molecule has 0 aromatic carbocycles. The second-order valence-electron chi connectivity index (χ2n) is 5.94. The first-order valence-electron chi connectivity index (χ1n) is 7.19. The molecule has 0 radical (unpaired) electrons. The van der Waals surface area contributed by atoms with Gasteiger partial charge in [-0.3, -0.25) is 4.90 Å². The number of hydrogen-bond donors (Lipinski definition) is 1. The third-order valence-electron chi connectivity index (χ3n) is 3.90. The van der Waals surface area contributed by atoms with E-state index < -0.39 is 0 Å². The normalized spacial score (nSPS) is 25.4. The number of nitrogens with zero attached hydrogens (tertiary/aromatic N) is 2. The van der Waals surface area contributed by atoms with Crippen molar-refractivity contribution < 1.29 is 0 Å². The first-order chi connectivity index (χ1) is 8.04. The smallest absolute Gasteiger partial charge is 0.0218 e. The Bertz CT molecular complexity index is 206. The topological polar surface area (TPSA) is 18.5 Å². The minimum atomic E-state index is 0.663. The molecule has 1 fully saturated rings. The van der Waals surface area contributed by atoms with Gasteiger partial charge in [0.15, 0.2) is 0 Å². The van der Waals surface area contributed by atoms with E-state index >= 15 is 0 Å². The summed E-state index contributed by atoms with van der Waals surface area (Å²) in [6.45, 7) is 15.1. The molecule has 2 unspecified atom stereocenters. The summed E-state index contributed by atoms with van der Waals surface area (Å²) in [5.74, 6) is 0.748. The van der Waals surface area contributed by atoms with Gasteiger partial charge in [0.1, 0.15) is 0 Å². The van der Waals surface area contributed by atoms with Crippen LogP contribution in [0.2, 0.25) is 0 Å². The minimum Gasteiger partial charge on any atom is -0.315 e. The Morgan fingerprint density at radius 1 is 1.18 bits per heavy atom. The summed E-state index contributed by atoms with van der Waals surface area (Å²) in [4.78, 5) is 5.15. The fourth-order valence-electron chi connectivity index (χ4n) is 2.52. The van der Waals surface area contributed by atoms with Crippen LogP contribution in [-0.4, -0.2) is 61.7 Å². The van der Waals surface area contributed by atoms with Crippen molar-refractivity contribution in [1.82, 2.24) is 15.1 Å². The average molecular weight is 241 g/mol. The molecule has 0 spiro atoms. The van der Waals surface area contributed by atoms with E-state index in [0.29, 0.717) is 6.04 Å². The van der Waals surface area contributed by atoms with Gasteiger partial charge in [-0.25, -0.2) is 0 Å². The van der Waals surface area contributed by atoms with Crippen LogP contribution in [0.3, 0.4) is 0 Å². The Kier molecular flexibility index (Phi) is 6.45. The SMILES string of the molecule is CCC1CN(C(C)CNCC(C)C)CCN1C. The second kappa shape index (κ2) is 7.34. The average Bonchev–Trinajstić information content (AvgIpc) is 2.29. The van der Waals surface area contributed by atoms with Crippen molar-refractivity contribution in [1.29, 1.82) is 0 Å². The summed E-state index contributed by atoms with van der Waals surface area (Å²) < 4.78 is 0.